The van der Waals surface area contributed by atoms with Gasteiger partial charge in [-0.2, -0.15) is 0 Å². The van der Waals surface area contributed by atoms with Gasteiger partial charge in [0, 0.05) is 11.1 Å². The molecule has 2 amide bonds. The van der Waals surface area contributed by atoms with Crippen molar-refractivity contribution in [3.8, 4) is 0 Å². The normalized spacial score (nSPS) is 24.3. The number of nitrogens with zero attached hydrogens (tertiary/aromatic N) is 1. The molecule has 0 aromatic heterocycles. The van der Waals surface area contributed by atoms with Crippen molar-refractivity contribution in [2.75, 3.05) is 4.90 Å². The third-order valence-corrected chi connectivity index (χ3v) is 7.73. The first-order valence-electron chi connectivity index (χ1n) is 11.3. The molecule has 0 radical (unpaired) electrons. The van der Waals surface area contributed by atoms with Crippen LogP contribution in [0.1, 0.15) is 26.3 Å². The molecule has 178 valence electrons. The predicted octanol–water partition coefficient (Wildman–Crippen LogP) is 5.03. The number of hydrogen-bond donors (Lipinski definition) is 0. The highest BCUT2D eigenvalue weighted by Crippen LogP contribution is 2.53. The van der Waals surface area contributed by atoms with Crippen molar-refractivity contribution in [2.45, 2.75) is 11.7 Å². The van der Waals surface area contributed by atoms with Crippen LogP contribution in [0.3, 0.4) is 0 Å². The van der Waals surface area contributed by atoms with Crippen molar-refractivity contribution in [3.63, 3.8) is 0 Å². The van der Waals surface area contributed by atoms with Crippen molar-refractivity contribution in [3.05, 3.63) is 106 Å². The van der Waals surface area contributed by atoms with Gasteiger partial charge in [-0.3, -0.25) is 19.2 Å². The Labute approximate surface area is 216 Å². The molecule has 0 saturated carbocycles. The van der Waals surface area contributed by atoms with Gasteiger partial charge in [0.15, 0.2) is 0 Å². The van der Waals surface area contributed by atoms with E-state index in [2.05, 4.69) is 0 Å². The Morgan fingerprint density at radius 1 is 0.778 bits per heavy atom. The molecule has 3 atom stereocenters. The number of anilines is 1. The molecule has 2 aliphatic heterocycles. The fraction of sp³-hybridized carbons (Fsp3) is 0.143. The van der Waals surface area contributed by atoms with E-state index in [0.29, 0.717) is 0 Å². The van der Waals surface area contributed by atoms with Gasteiger partial charge in [0.05, 0.1) is 33.7 Å². The first-order valence-corrected chi connectivity index (χ1v) is 12.0. The Bertz CT molecular complexity index is 1460. The number of benzene rings is 3. The monoisotopic (exact) mass is 517 g/mol. The summed E-state index contributed by atoms with van der Waals surface area (Å²) >= 11 is 12.2. The number of ketones is 2. The van der Waals surface area contributed by atoms with Crippen LogP contribution in [-0.4, -0.2) is 35.1 Å². The van der Waals surface area contributed by atoms with Gasteiger partial charge in [-0.15, -0.1) is 0 Å². The van der Waals surface area contributed by atoms with Crippen LogP contribution in [0.2, 0.25) is 10.0 Å². The summed E-state index contributed by atoms with van der Waals surface area (Å²) in [5, 5.41) is 0.429. The average molecular weight is 518 g/mol. The molecule has 0 bridgehead atoms. The van der Waals surface area contributed by atoms with E-state index in [1.807, 2.05) is 30.3 Å². The Balaban J connectivity index is 1.49. The molecule has 2 saturated heterocycles. The third-order valence-electron chi connectivity index (χ3n) is 7.00. The zero-order chi connectivity index (χ0) is 25.2. The molecule has 8 heteroatoms. The predicted molar refractivity (Wildman–Crippen MR) is 134 cm³/mol. The van der Waals surface area contributed by atoms with E-state index >= 15 is 0 Å². The van der Waals surface area contributed by atoms with Gasteiger partial charge in [-0.1, -0.05) is 90.0 Å². The molecule has 36 heavy (non-hydrogen) atoms. The molecule has 6 rings (SSSR count). The van der Waals surface area contributed by atoms with E-state index in [-0.39, 0.29) is 26.9 Å². The SMILES string of the molecule is O=C1[C@H]2[C@@H](C(=O)N1c1ccc(Cl)c(Cl)c1)C1(O[C@@H]2/C=C/c2ccccc2)C(=O)c2ccccc2C1=O. The van der Waals surface area contributed by atoms with Gasteiger partial charge in [0.2, 0.25) is 29.0 Å². The molecule has 3 aliphatic rings. The van der Waals surface area contributed by atoms with Gasteiger partial charge < -0.3 is 4.74 Å². The van der Waals surface area contributed by atoms with Gasteiger partial charge >= 0.3 is 0 Å². The van der Waals surface area contributed by atoms with E-state index in [0.717, 1.165) is 10.5 Å². The van der Waals surface area contributed by atoms with Crippen molar-refractivity contribution >= 4 is 58.3 Å². The van der Waals surface area contributed by atoms with Crippen LogP contribution in [0.15, 0.2) is 78.9 Å². The number of ether oxygens (including phenoxy) is 1. The molecule has 2 heterocycles. The van der Waals surface area contributed by atoms with Gasteiger partial charge in [-0.05, 0) is 23.8 Å². The minimum atomic E-state index is -2.11. The maximum Gasteiger partial charge on any atom is 0.241 e. The molecule has 0 N–H and O–H groups in total. The van der Waals surface area contributed by atoms with Crippen molar-refractivity contribution in [2.24, 2.45) is 11.8 Å². The molecule has 3 aromatic carbocycles. The quantitative estimate of drug-likeness (QED) is 0.359. The van der Waals surface area contributed by atoms with Gasteiger partial charge in [0.1, 0.15) is 0 Å². The summed E-state index contributed by atoms with van der Waals surface area (Å²) in [7, 11) is 0. The fourth-order valence-corrected chi connectivity index (χ4v) is 5.68. The fourth-order valence-electron chi connectivity index (χ4n) is 5.39. The van der Waals surface area contributed by atoms with E-state index in [1.54, 1.807) is 24.3 Å². The first-order chi connectivity index (χ1) is 17.3. The van der Waals surface area contributed by atoms with E-state index in [1.165, 1.54) is 30.3 Å². The number of fused-ring (bicyclic) bond motifs is 3. The summed E-state index contributed by atoms with van der Waals surface area (Å²) in [4.78, 5) is 55.9. The van der Waals surface area contributed by atoms with Crippen LogP contribution >= 0.6 is 23.2 Å². The lowest BCUT2D eigenvalue weighted by molar-refractivity contribution is -0.126. The van der Waals surface area contributed by atoms with E-state index < -0.39 is 46.9 Å². The maximum atomic E-state index is 13.8. The number of carbonyl (C=O) groups excluding carboxylic acids is 4. The lowest BCUT2D eigenvalue weighted by Gasteiger charge is -2.26. The number of amides is 2. The highest BCUT2D eigenvalue weighted by atomic mass is 35.5. The Kier molecular flexibility index (Phi) is 5.23. The van der Waals surface area contributed by atoms with Crippen LogP contribution < -0.4 is 4.90 Å². The summed E-state index contributed by atoms with van der Waals surface area (Å²) in [5.74, 6) is -4.86. The van der Waals surface area contributed by atoms with Crippen LogP contribution in [-0.2, 0) is 14.3 Å². The standard InChI is InChI=1S/C28H17Cl2NO5/c29-19-12-11-16(14-20(19)30)31-26(34)22-21(13-10-15-6-2-1-3-7-15)36-28(23(22)27(31)35)24(32)17-8-4-5-9-18(17)25(28)33/h1-14,21-23H/b13-10+/t21-,22-,23+/m1/s1. The second-order valence-electron chi connectivity index (χ2n) is 8.91. The topological polar surface area (TPSA) is 80.8 Å². The number of imide groups is 1. The summed E-state index contributed by atoms with van der Waals surface area (Å²) in [5.41, 5.74) is -0.698. The van der Waals surface area contributed by atoms with Crippen LogP contribution in [0.5, 0.6) is 0 Å². The molecule has 1 spiro atoms. The largest absolute Gasteiger partial charge is 0.350 e. The second kappa shape index (κ2) is 8.23. The summed E-state index contributed by atoms with van der Waals surface area (Å²) in [6, 6.07) is 20.1. The number of hydrogen-bond acceptors (Lipinski definition) is 5. The highest BCUT2D eigenvalue weighted by Gasteiger charge is 2.74. The maximum absolute atomic E-state index is 13.8. The number of rotatable bonds is 3. The highest BCUT2D eigenvalue weighted by molar-refractivity contribution is 6.42. The Morgan fingerprint density at radius 3 is 2.06 bits per heavy atom. The number of halogens is 2. The minimum absolute atomic E-state index is 0.165. The molecule has 2 fully saturated rings. The smallest absolute Gasteiger partial charge is 0.241 e. The van der Waals surface area contributed by atoms with Gasteiger partial charge in [-0.25, -0.2) is 4.90 Å². The molecule has 6 nitrogen and oxygen atoms in total. The first kappa shape index (κ1) is 22.9. The van der Waals surface area contributed by atoms with Crippen molar-refractivity contribution in [1.29, 1.82) is 0 Å². The molecular formula is C28H17Cl2NO5. The van der Waals surface area contributed by atoms with Crippen LogP contribution in [0.25, 0.3) is 6.08 Å². The van der Waals surface area contributed by atoms with Crippen LogP contribution in [0, 0.1) is 11.8 Å². The molecular weight excluding hydrogens is 501 g/mol. The molecule has 0 unspecified atom stereocenters. The average Bonchev–Trinajstić information content (AvgIpc) is 3.45. The number of Topliss-reactive ketones (excluding diaryl/α,β-unsaturated/α-hetero) is 2. The Morgan fingerprint density at radius 2 is 1.42 bits per heavy atom. The molecule has 1 aliphatic carbocycles. The van der Waals surface area contributed by atoms with Crippen molar-refractivity contribution < 1.29 is 23.9 Å². The number of carbonyl (C=O) groups is 4. The minimum Gasteiger partial charge on any atom is -0.350 e. The summed E-state index contributed by atoms with van der Waals surface area (Å²) < 4.78 is 6.17. The van der Waals surface area contributed by atoms with Crippen LogP contribution in [0.4, 0.5) is 5.69 Å². The lowest BCUT2D eigenvalue weighted by Crippen LogP contribution is -2.51. The zero-order valence-corrected chi connectivity index (χ0v) is 20.1. The summed E-state index contributed by atoms with van der Waals surface area (Å²) in [6.45, 7) is 0. The van der Waals surface area contributed by atoms with Gasteiger partial charge in [0.25, 0.3) is 0 Å². The van der Waals surface area contributed by atoms with E-state index in [9.17, 15) is 19.2 Å². The second-order valence-corrected chi connectivity index (χ2v) is 9.72. The Hall–Kier alpha value is -3.58. The third kappa shape index (κ3) is 3.08. The van der Waals surface area contributed by atoms with E-state index in [4.69, 9.17) is 27.9 Å². The lowest BCUT2D eigenvalue weighted by atomic mass is 9.78. The van der Waals surface area contributed by atoms with Crippen molar-refractivity contribution in [1.82, 2.24) is 0 Å². The zero-order valence-electron chi connectivity index (χ0n) is 18.6. The summed E-state index contributed by atoms with van der Waals surface area (Å²) in [6.07, 6.45) is 2.40. The molecule has 3 aromatic rings.